The van der Waals surface area contributed by atoms with Crippen LogP contribution in [0.25, 0.3) is 0 Å². The van der Waals surface area contributed by atoms with Crippen molar-refractivity contribution in [2.75, 3.05) is 6.61 Å². The van der Waals surface area contributed by atoms with Crippen molar-refractivity contribution in [3.8, 4) is 0 Å². The molecule has 2 rings (SSSR count). The van der Waals surface area contributed by atoms with Crippen LogP contribution < -0.4 is 5.19 Å². The summed E-state index contributed by atoms with van der Waals surface area (Å²) in [5, 5.41) is 1.54. The van der Waals surface area contributed by atoms with Gasteiger partial charge >= 0.3 is 0 Å². The Morgan fingerprint density at radius 1 is 1.07 bits per heavy atom. The third kappa shape index (κ3) is 2.16. The molecule has 0 spiro atoms. The maximum Gasteiger partial charge on any atom is 0.208 e. The fourth-order valence-corrected chi connectivity index (χ4v) is 5.09. The van der Waals surface area contributed by atoms with E-state index in [0.29, 0.717) is 0 Å². The summed E-state index contributed by atoms with van der Waals surface area (Å²) in [4.78, 5) is 0. The molecule has 1 fully saturated rings. The molecule has 1 aromatic carbocycles. The Balaban J connectivity index is 2.31. The third-order valence-electron chi connectivity index (χ3n) is 3.63. The highest BCUT2D eigenvalue weighted by Gasteiger charge is 2.20. The first kappa shape index (κ1) is 10.9. The lowest BCUT2D eigenvalue weighted by atomic mass is 10.1. The Bertz CT molecular complexity index is 354. The van der Waals surface area contributed by atoms with E-state index < -0.39 is 9.04 Å². The van der Waals surface area contributed by atoms with Gasteiger partial charge in [0.2, 0.25) is 9.04 Å². The van der Waals surface area contributed by atoms with Gasteiger partial charge in [0.15, 0.2) is 0 Å². The maximum atomic E-state index is 5.98. The Hall–Kier alpha value is -0.603. The van der Waals surface area contributed by atoms with E-state index in [1.165, 1.54) is 40.8 Å². The van der Waals surface area contributed by atoms with Gasteiger partial charge in [-0.05, 0) is 55.1 Å². The van der Waals surface area contributed by atoms with Crippen molar-refractivity contribution in [2.45, 2.75) is 39.7 Å². The van der Waals surface area contributed by atoms with Crippen LogP contribution in [-0.2, 0) is 4.43 Å². The Morgan fingerprint density at radius 3 is 2.53 bits per heavy atom. The molecule has 82 valence electrons. The summed E-state index contributed by atoms with van der Waals surface area (Å²) in [6.07, 6.45) is 2.62. The van der Waals surface area contributed by atoms with Gasteiger partial charge in [0.25, 0.3) is 0 Å². The van der Waals surface area contributed by atoms with Gasteiger partial charge in [-0.3, -0.25) is 0 Å². The second kappa shape index (κ2) is 4.50. The molecule has 0 bridgehead atoms. The molecular formula is C13H20OSi. The highest BCUT2D eigenvalue weighted by atomic mass is 28.3. The lowest BCUT2D eigenvalue weighted by Crippen LogP contribution is -2.38. The molecule has 0 aliphatic carbocycles. The summed E-state index contributed by atoms with van der Waals surface area (Å²) in [5.74, 6) is 0. The molecule has 1 nitrogen and oxygen atoms in total. The van der Waals surface area contributed by atoms with Gasteiger partial charge in [-0.15, -0.1) is 0 Å². The van der Waals surface area contributed by atoms with E-state index in [1.807, 2.05) is 0 Å². The molecule has 1 aromatic rings. The molecule has 15 heavy (non-hydrogen) atoms. The highest BCUT2D eigenvalue weighted by molar-refractivity contribution is 6.68. The lowest BCUT2D eigenvalue weighted by molar-refractivity contribution is 0.294. The van der Waals surface area contributed by atoms with Gasteiger partial charge in [0, 0.05) is 6.61 Å². The van der Waals surface area contributed by atoms with Crippen LogP contribution in [0, 0.1) is 20.8 Å². The van der Waals surface area contributed by atoms with Gasteiger partial charge in [0.1, 0.15) is 0 Å². The first-order valence-electron chi connectivity index (χ1n) is 5.88. The van der Waals surface area contributed by atoms with E-state index in [-0.39, 0.29) is 0 Å². The zero-order valence-corrected chi connectivity index (χ0v) is 11.1. The van der Waals surface area contributed by atoms with Crippen LogP contribution in [-0.4, -0.2) is 15.6 Å². The molecule has 0 N–H and O–H groups in total. The van der Waals surface area contributed by atoms with Crippen molar-refractivity contribution in [3.63, 3.8) is 0 Å². The summed E-state index contributed by atoms with van der Waals surface area (Å²) in [7, 11) is -1.07. The van der Waals surface area contributed by atoms with Crippen LogP contribution >= 0.6 is 0 Å². The molecule has 0 amide bonds. The zero-order chi connectivity index (χ0) is 10.8. The normalized spacial score (nSPS) is 21.7. The first-order chi connectivity index (χ1) is 7.20. The highest BCUT2D eigenvalue weighted by Crippen LogP contribution is 2.16. The second-order valence-corrected chi connectivity index (χ2v) is 7.09. The van der Waals surface area contributed by atoms with E-state index in [0.717, 1.165) is 6.61 Å². The second-order valence-electron chi connectivity index (χ2n) is 4.58. The van der Waals surface area contributed by atoms with Crippen LogP contribution in [0.1, 0.15) is 29.5 Å². The van der Waals surface area contributed by atoms with E-state index in [4.69, 9.17) is 4.43 Å². The number of rotatable bonds is 1. The van der Waals surface area contributed by atoms with E-state index in [2.05, 4.69) is 32.9 Å². The van der Waals surface area contributed by atoms with Crippen LogP contribution in [0.2, 0.25) is 6.04 Å². The molecule has 2 heteroatoms. The molecule has 0 radical (unpaired) electrons. The summed E-state index contributed by atoms with van der Waals surface area (Å²) >= 11 is 0. The molecule has 1 aliphatic heterocycles. The average Bonchev–Trinajstić information content (AvgIpc) is 2.27. The van der Waals surface area contributed by atoms with E-state index in [9.17, 15) is 0 Å². The minimum Gasteiger partial charge on any atom is -0.415 e. The Labute approximate surface area is 94.2 Å². The van der Waals surface area contributed by atoms with Crippen molar-refractivity contribution in [2.24, 2.45) is 0 Å². The molecule has 1 saturated heterocycles. The minimum absolute atomic E-state index is 0.989. The molecule has 1 unspecified atom stereocenters. The van der Waals surface area contributed by atoms with Crippen LogP contribution in [0.4, 0.5) is 0 Å². The first-order valence-corrected chi connectivity index (χ1v) is 7.75. The molecule has 0 aromatic heterocycles. The standard InChI is InChI=1S/C13H20OSi/c1-10-6-7-13(12(3)11(10)2)15-9-5-4-8-14-15/h6-7,15H,4-5,8-9H2,1-3H3. The number of hydrogen-bond acceptors (Lipinski definition) is 1. The largest absolute Gasteiger partial charge is 0.415 e. The predicted octanol–water partition coefficient (Wildman–Crippen LogP) is 2.35. The van der Waals surface area contributed by atoms with Gasteiger partial charge < -0.3 is 4.43 Å². The Kier molecular flexibility index (Phi) is 3.27. The topological polar surface area (TPSA) is 9.23 Å². The van der Waals surface area contributed by atoms with Crippen molar-refractivity contribution in [3.05, 3.63) is 28.8 Å². The fraction of sp³-hybridized carbons (Fsp3) is 0.538. The molecule has 1 heterocycles. The van der Waals surface area contributed by atoms with Crippen LogP contribution in [0.15, 0.2) is 12.1 Å². The Morgan fingerprint density at radius 2 is 1.87 bits per heavy atom. The number of benzene rings is 1. The zero-order valence-electron chi connectivity index (χ0n) is 9.97. The summed E-state index contributed by atoms with van der Waals surface area (Å²) in [6.45, 7) is 7.66. The van der Waals surface area contributed by atoms with Gasteiger partial charge in [-0.2, -0.15) is 0 Å². The van der Waals surface area contributed by atoms with Crippen molar-refractivity contribution < 1.29 is 4.43 Å². The minimum atomic E-state index is -1.07. The van der Waals surface area contributed by atoms with E-state index >= 15 is 0 Å². The molecule has 0 saturated carbocycles. The van der Waals surface area contributed by atoms with Crippen molar-refractivity contribution in [1.82, 2.24) is 0 Å². The summed E-state index contributed by atoms with van der Waals surface area (Å²) in [6, 6.07) is 5.88. The number of aryl methyl sites for hydroxylation is 1. The van der Waals surface area contributed by atoms with Gasteiger partial charge in [-0.25, -0.2) is 0 Å². The predicted molar refractivity (Wildman–Crippen MR) is 67.4 cm³/mol. The van der Waals surface area contributed by atoms with Crippen molar-refractivity contribution >= 4 is 14.2 Å². The SMILES string of the molecule is Cc1ccc([SiH]2CCCCO2)c(C)c1C. The fourth-order valence-electron chi connectivity index (χ4n) is 2.31. The summed E-state index contributed by atoms with van der Waals surface area (Å²) < 4.78 is 5.98. The molecule has 1 atom stereocenters. The third-order valence-corrected chi connectivity index (χ3v) is 6.52. The summed E-state index contributed by atoms with van der Waals surface area (Å²) in [5.41, 5.74) is 4.34. The van der Waals surface area contributed by atoms with E-state index in [1.54, 1.807) is 0 Å². The quantitative estimate of drug-likeness (QED) is 0.660. The van der Waals surface area contributed by atoms with Crippen LogP contribution in [0.5, 0.6) is 0 Å². The lowest BCUT2D eigenvalue weighted by Gasteiger charge is -2.24. The number of hydrogen-bond donors (Lipinski definition) is 0. The van der Waals surface area contributed by atoms with Crippen LogP contribution in [0.3, 0.4) is 0 Å². The average molecular weight is 220 g/mol. The molecule has 1 aliphatic rings. The van der Waals surface area contributed by atoms with Gasteiger partial charge in [0.05, 0.1) is 0 Å². The smallest absolute Gasteiger partial charge is 0.208 e. The van der Waals surface area contributed by atoms with Gasteiger partial charge in [-0.1, -0.05) is 18.6 Å². The monoisotopic (exact) mass is 220 g/mol. The van der Waals surface area contributed by atoms with Crippen molar-refractivity contribution in [1.29, 1.82) is 0 Å². The molecular weight excluding hydrogens is 200 g/mol. The maximum absolute atomic E-state index is 5.98.